The largest absolute Gasteiger partial charge is 0.380 e. The third-order valence-electron chi connectivity index (χ3n) is 3.17. The van der Waals surface area contributed by atoms with Gasteiger partial charge in [0.05, 0.1) is 6.61 Å². The summed E-state index contributed by atoms with van der Waals surface area (Å²) in [6, 6.07) is 0.703. The van der Waals surface area contributed by atoms with Gasteiger partial charge in [-0.25, -0.2) is 0 Å². The minimum atomic E-state index is 0.703. The molecule has 1 unspecified atom stereocenters. The average Bonchev–Trinajstić information content (AvgIpc) is 2.30. The van der Waals surface area contributed by atoms with Crippen molar-refractivity contribution in [2.45, 2.75) is 45.6 Å². The molecule has 0 bridgehead atoms. The van der Waals surface area contributed by atoms with Crippen LogP contribution in [0.25, 0.3) is 0 Å². The molecule has 1 atom stereocenters. The minimum Gasteiger partial charge on any atom is -0.380 e. The molecule has 1 N–H and O–H groups in total. The molecule has 1 aliphatic heterocycles. The first-order valence-corrected chi connectivity index (χ1v) is 6.90. The highest BCUT2D eigenvalue weighted by Gasteiger charge is 2.17. The van der Waals surface area contributed by atoms with Crippen LogP contribution in [0.4, 0.5) is 0 Å². The first-order chi connectivity index (χ1) is 7.86. The maximum absolute atomic E-state index is 5.61. The molecule has 1 fully saturated rings. The second kappa shape index (κ2) is 8.97. The molecule has 1 rings (SSSR count). The molecule has 96 valence electrons. The zero-order valence-electron chi connectivity index (χ0n) is 11.0. The van der Waals surface area contributed by atoms with E-state index in [9.17, 15) is 0 Å². The van der Waals surface area contributed by atoms with Crippen molar-refractivity contribution in [1.29, 1.82) is 0 Å². The predicted molar refractivity (Wildman–Crippen MR) is 68.9 cm³/mol. The molecule has 3 heteroatoms. The Hall–Kier alpha value is -0.120. The summed E-state index contributed by atoms with van der Waals surface area (Å²) in [6.07, 6.45) is 5.00. The van der Waals surface area contributed by atoms with Crippen LogP contribution in [0.5, 0.6) is 0 Å². The highest BCUT2D eigenvalue weighted by molar-refractivity contribution is 4.77. The van der Waals surface area contributed by atoms with Gasteiger partial charge < -0.3 is 10.1 Å². The molecule has 0 radical (unpaired) electrons. The van der Waals surface area contributed by atoms with Crippen LogP contribution >= 0.6 is 0 Å². The van der Waals surface area contributed by atoms with Crippen molar-refractivity contribution >= 4 is 0 Å². The molecule has 0 saturated carbocycles. The van der Waals surface area contributed by atoms with E-state index in [1.807, 2.05) is 0 Å². The summed E-state index contributed by atoms with van der Waals surface area (Å²) < 4.78 is 5.61. The highest BCUT2D eigenvalue weighted by atomic mass is 16.5. The van der Waals surface area contributed by atoms with Gasteiger partial charge in [-0.15, -0.1) is 0 Å². The zero-order chi connectivity index (χ0) is 11.6. The lowest BCUT2D eigenvalue weighted by molar-refractivity contribution is 0.0891. The highest BCUT2D eigenvalue weighted by Crippen LogP contribution is 2.04. The average molecular weight is 228 g/mol. The number of nitrogens with zero attached hydrogens (tertiary/aromatic N) is 1. The summed E-state index contributed by atoms with van der Waals surface area (Å²) in [4.78, 5) is 2.53. The van der Waals surface area contributed by atoms with Crippen molar-refractivity contribution in [3.8, 4) is 0 Å². The fourth-order valence-corrected chi connectivity index (χ4v) is 2.18. The molecule has 1 aliphatic rings. The second-order valence-corrected chi connectivity index (χ2v) is 4.71. The SMILES string of the molecule is CCCCOCCN1CCNC(CCC)C1. The van der Waals surface area contributed by atoms with Crippen molar-refractivity contribution < 1.29 is 4.74 Å². The van der Waals surface area contributed by atoms with E-state index in [2.05, 4.69) is 24.1 Å². The fourth-order valence-electron chi connectivity index (χ4n) is 2.18. The van der Waals surface area contributed by atoms with Gasteiger partial charge in [-0.3, -0.25) is 4.90 Å². The molecule has 0 aromatic carbocycles. The van der Waals surface area contributed by atoms with Crippen LogP contribution in [0.15, 0.2) is 0 Å². The maximum Gasteiger partial charge on any atom is 0.0593 e. The Balaban J connectivity index is 2.02. The normalized spacial score (nSPS) is 22.5. The monoisotopic (exact) mass is 228 g/mol. The molecule has 0 spiro atoms. The lowest BCUT2D eigenvalue weighted by atomic mass is 10.1. The molecule has 0 aliphatic carbocycles. The summed E-state index contributed by atoms with van der Waals surface area (Å²) >= 11 is 0. The zero-order valence-corrected chi connectivity index (χ0v) is 11.0. The van der Waals surface area contributed by atoms with Crippen LogP contribution < -0.4 is 5.32 Å². The quantitative estimate of drug-likeness (QED) is 0.642. The van der Waals surface area contributed by atoms with Gasteiger partial charge in [-0.1, -0.05) is 26.7 Å². The van der Waals surface area contributed by atoms with Crippen LogP contribution in [0.1, 0.15) is 39.5 Å². The van der Waals surface area contributed by atoms with Gasteiger partial charge in [0, 0.05) is 38.8 Å². The van der Waals surface area contributed by atoms with E-state index >= 15 is 0 Å². The van der Waals surface area contributed by atoms with Crippen molar-refractivity contribution in [2.75, 3.05) is 39.4 Å². The van der Waals surface area contributed by atoms with E-state index in [-0.39, 0.29) is 0 Å². The van der Waals surface area contributed by atoms with Gasteiger partial charge in [-0.05, 0) is 12.8 Å². The van der Waals surface area contributed by atoms with Gasteiger partial charge in [-0.2, -0.15) is 0 Å². The lowest BCUT2D eigenvalue weighted by Crippen LogP contribution is -2.51. The van der Waals surface area contributed by atoms with E-state index < -0.39 is 0 Å². The predicted octanol–water partition coefficient (Wildman–Crippen LogP) is 1.88. The smallest absolute Gasteiger partial charge is 0.0593 e. The number of rotatable bonds is 8. The molecule has 1 saturated heterocycles. The van der Waals surface area contributed by atoms with Gasteiger partial charge >= 0.3 is 0 Å². The van der Waals surface area contributed by atoms with Crippen molar-refractivity contribution in [2.24, 2.45) is 0 Å². The number of hydrogen-bond donors (Lipinski definition) is 1. The Morgan fingerprint density at radius 2 is 2.12 bits per heavy atom. The van der Waals surface area contributed by atoms with Gasteiger partial charge in [0.25, 0.3) is 0 Å². The third-order valence-corrected chi connectivity index (χ3v) is 3.17. The summed E-state index contributed by atoms with van der Waals surface area (Å²) in [5.41, 5.74) is 0. The molecule has 0 amide bonds. The molecule has 0 aromatic heterocycles. The van der Waals surface area contributed by atoms with Crippen molar-refractivity contribution in [3.05, 3.63) is 0 Å². The van der Waals surface area contributed by atoms with Crippen LogP contribution in [0, 0.1) is 0 Å². The number of ether oxygens (including phenoxy) is 1. The summed E-state index contributed by atoms with van der Waals surface area (Å²) in [5, 5.41) is 3.58. The second-order valence-electron chi connectivity index (χ2n) is 4.71. The van der Waals surface area contributed by atoms with Gasteiger partial charge in [0.15, 0.2) is 0 Å². The molecular formula is C13H28N2O. The molecular weight excluding hydrogens is 200 g/mol. The summed E-state index contributed by atoms with van der Waals surface area (Å²) in [5.74, 6) is 0. The fraction of sp³-hybridized carbons (Fsp3) is 1.00. The van der Waals surface area contributed by atoms with E-state index in [0.29, 0.717) is 6.04 Å². The Bertz CT molecular complexity index is 162. The standard InChI is InChI=1S/C13H28N2O/c1-3-5-10-16-11-9-15-8-7-14-13(12-15)6-4-2/h13-14H,3-12H2,1-2H3. The van der Waals surface area contributed by atoms with Gasteiger partial charge in [0.2, 0.25) is 0 Å². The molecule has 16 heavy (non-hydrogen) atoms. The first-order valence-electron chi connectivity index (χ1n) is 6.90. The van der Waals surface area contributed by atoms with Crippen molar-refractivity contribution in [1.82, 2.24) is 10.2 Å². The minimum absolute atomic E-state index is 0.703. The Kier molecular flexibility index (Phi) is 7.81. The maximum atomic E-state index is 5.61. The number of nitrogens with one attached hydrogen (secondary N) is 1. The number of hydrogen-bond acceptors (Lipinski definition) is 3. The van der Waals surface area contributed by atoms with Crippen LogP contribution in [-0.2, 0) is 4.74 Å². The van der Waals surface area contributed by atoms with Crippen molar-refractivity contribution in [3.63, 3.8) is 0 Å². The van der Waals surface area contributed by atoms with E-state index in [0.717, 1.165) is 26.3 Å². The summed E-state index contributed by atoms with van der Waals surface area (Å²) in [7, 11) is 0. The third kappa shape index (κ3) is 5.83. The van der Waals surface area contributed by atoms with E-state index in [1.165, 1.54) is 38.8 Å². The Morgan fingerprint density at radius 3 is 2.88 bits per heavy atom. The lowest BCUT2D eigenvalue weighted by Gasteiger charge is -2.33. The Labute approximate surface area is 101 Å². The van der Waals surface area contributed by atoms with Crippen LogP contribution in [0.3, 0.4) is 0 Å². The first kappa shape index (κ1) is 13.9. The molecule has 1 heterocycles. The Morgan fingerprint density at radius 1 is 1.25 bits per heavy atom. The number of unbranched alkanes of at least 4 members (excludes halogenated alkanes) is 1. The molecule has 0 aromatic rings. The molecule has 3 nitrogen and oxygen atoms in total. The van der Waals surface area contributed by atoms with Crippen LogP contribution in [-0.4, -0.2) is 50.3 Å². The van der Waals surface area contributed by atoms with E-state index in [1.54, 1.807) is 0 Å². The van der Waals surface area contributed by atoms with Crippen LogP contribution in [0.2, 0.25) is 0 Å². The topological polar surface area (TPSA) is 24.5 Å². The number of piperazine rings is 1. The van der Waals surface area contributed by atoms with Gasteiger partial charge in [0.1, 0.15) is 0 Å². The van der Waals surface area contributed by atoms with E-state index in [4.69, 9.17) is 4.74 Å². The summed E-state index contributed by atoms with van der Waals surface area (Å²) in [6.45, 7) is 10.9.